The molecule has 0 amide bonds. The van der Waals surface area contributed by atoms with E-state index in [9.17, 15) is 0 Å². The quantitative estimate of drug-likeness (QED) is 0.237. The molecule has 0 rings (SSSR count). The first-order chi connectivity index (χ1) is 16.4. The van der Waals surface area contributed by atoms with Crippen LogP contribution in [-0.4, -0.2) is 46.4 Å². The molecule has 0 aromatic rings. The molecule has 12 radical (unpaired) electrons. The van der Waals surface area contributed by atoms with Gasteiger partial charge < -0.3 is 0 Å². The summed E-state index contributed by atoms with van der Waals surface area (Å²) in [4.78, 5) is 0. The third-order valence-corrected chi connectivity index (χ3v) is 0. The van der Waals surface area contributed by atoms with E-state index in [0.717, 1.165) is 7.06 Å². The van der Waals surface area contributed by atoms with Crippen molar-refractivity contribution in [2.24, 2.45) is 0 Å². The number of hydrogen-bond acceptors (Lipinski definition) is 0. The average Bonchev–Trinajstić information content (AvgIpc) is 3.04. The highest BCUT2D eigenvalue weighted by atomic mass is 13.0. The van der Waals surface area contributed by atoms with Gasteiger partial charge in [-0.3, -0.25) is 0 Å². The highest BCUT2D eigenvalue weighted by molar-refractivity contribution is 7.17. The van der Waals surface area contributed by atoms with E-state index in [1.165, 1.54) is 0 Å². The fourth-order valence-corrected chi connectivity index (χ4v) is 0. The van der Waals surface area contributed by atoms with Gasteiger partial charge in [0.2, 0.25) is 0 Å². The molecule has 0 saturated heterocycles. The predicted octanol–water partition coefficient (Wildman–Crippen LogP) is 17.4. The average molecular weight is 618 g/mol. The van der Waals surface area contributed by atoms with Gasteiger partial charge in [0.25, 0.3) is 0 Å². The lowest BCUT2D eigenvalue weighted by atomic mass is 9.40. The molecule has 0 saturated carbocycles. The zero-order chi connectivity index (χ0) is 32.7. The maximum atomic E-state index is 4.50. The van der Waals surface area contributed by atoms with Crippen LogP contribution in [0.5, 0.6) is 0 Å². The minimum atomic E-state index is 0. The first-order valence-corrected chi connectivity index (χ1v) is 15.0. The van der Waals surface area contributed by atoms with E-state index in [4.69, 9.17) is 0 Å². The van der Waals surface area contributed by atoms with Gasteiger partial charge in [-0.2, -0.15) is 0 Å². The largest absolute Gasteiger partial charge is 0.0776 e. The molecule has 0 N–H and O–H groups in total. The Balaban J connectivity index is -0.00000000295. The zero-order valence-electron chi connectivity index (χ0n) is 31.5. The topological polar surface area (TPSA) is 0 Å². The molecule has 0 bridgehead atoms. The molecule has 0 atom stereocenters. The summed E-state index contributed by atoms with van der Waals surface area (Å²) < 4.78 is 0. The minimum absolute atomic E-state index is 0. The van der Waals surface area contributed by atoms with E-state index in [1.807, 2.05) is 194 Å². The normalized spacial score (nSPS) is 2.38. The summed E-state index contributed by atoms with van der Waals surface area (Å²) in [5.41, 5.74) is 0. The Kier molecular flexibility index (Phi) is 200000. The van der Waals surface area contributed by atoms with Crippen molar-refractivity contribution in [2.75, 3.05) is 0 Å². The van der Waals surface area contributed by atoms with Crippen LogP contribution in [0.4, 0.5) is 0 Å². The molecule has 0 heterocycles. The molecule has 0 aromatic heterocycles. The van der Waals surface area contributed by atoms with Crippen LogP contribution in [0.1, 0.15) is 255 Å². The van der Waals surface area contributed by atoms with Crippen LogP contribution in [0.3, 0.4) is 0 Å². The highest BCUT2D eigenvalue weighted by Crippen LogP contribution is 1.17. The standard InChI is InChI=1S/14C2H6.8CH4.B3.B2.B.H2/c14*1-2;;;;;;;;;1-3-2;1-2;;/h14*1-2H3;8*1H4;;;;1H/i;;;;;;;;;;;;;;;;;;;;;;;;;1+2. The smallest absolute Gasteiger partial charge is 0 e. The monoisotopic (exact) mass is 619 g/mol. The maximum Gasteiger partial charge on any atom is 0 e. The third-order valence-electron chi connectivity index (χ3n) is 0. The SMILES string of the molecule is C.C.C.C.C.C.C.C.CC.CC.CC.CC.CC.CC.CC.CC.CC.CC.CC.CC.CC.CC.[3HH].[B].[B][B].[B][B][B]. The maximum absolute atomic E-state index is 4.50. The Hall–Kier alpha value is 0.390. The van der Waals surface area contributed by atoms with Crippen molar-refractivity contribution in [1.82, 2.24) is 0 Å². The lowest BCUT2D eigenvalue weighted by molar-refractivity contribution is 1.50. The van der Waals surface area contributed by atoms with Crippen LogP contribution >= 0.6 is 0 Å². The summed E-state index contributed by atoms with van der Waals surface area (Å²) in [6.45, 7) is 56.0. The van der Waals surface area contributed by atoms with Gasteiger partial charge in [0, 0.05) is 47.8 Å². The molecule has 0 aliphatic heterocycles. The molecule has 0 aliphatic rings. The minimum Gasteiger partial charge on any atom is -0.0776 e. The van der Waals surface area contributed by atoms with Crippen LogP contribution < -0.4 is 0 Å². The second kappa shape index (κ2) is 35000. The van der Waals surface area contributed by atoms with E-state index in [0.29, 0.717) is 0 Å². The summed E-state index contributed by atoms with van der Waals surface area (Å²) in [5, 5.41) is 0. The van der Waals surface area contributed by atoms with Crippen molar-refractivity contribution in [3.05, 3.63) is 0 Å². The predicted molar refractivity (Wildman–Crippen MR) is 249 cm³/mol. The molecule has 0 fully saturated rings. The summed E-state index contributed by atoms with van der Waals surface area (Å²) in [7, 11) is 18.0. The highest BCUT2D eigenvalue weighted by Gasteiger charge is 1.41. The van der Waals surface area contributed by atoms with Gasteiger partial charge in [-0.25, -0.2) is 0 Å². The van der Waals surface area contributed by atoms with E-state index >= 15 is 0 Å². The third kappa shape index (κ3) is 413000. The Morgan fingerprint density at radius 1 is 0.238 bits per heavy atom. The summed E-state index contributed by atoms with van der Waals surface area (Å²) in [6, 6.07) is 0. The fraction of sp³-hybridized carbons (Fsp3) is 1.00. The molecular formula is C36H118B6. The lowest BCUT2D eigenvalue weighted by Gasteiger charge is -1.41. The van der Waals surface area contributed by atoms with Gasteiger partial charge in [0.15, 0.2) is 0 Å². The lowest BCUT2D eigenvalue weighted by Crippen LogP contribution is -1.79. The van der Waals surface area contributed by atoms with Crippen molar-refractivity contribution in [2.45, 2.75) is 253 Å². The summed E-state index contributed by atoms with van der Waals surface area (Å²) in [6.07, 6.45) is 0. The number of hydrogen-bond donors (Lipinski definition) is 0. The molecule has 280 valence electrons. The fourth-order valence-electron chi connectivity index (χ4n) is 0. The molecular weight excluding hydrogens is 497 g/mol. The van der Waals surface area contributed by atoms with E-state index in [2.05, 4.69) is 30.9 Å². The van der Waals surface area contributed by atoms with Crippen molar-refractivity contribution in [1.29, 1.82) is 0 Å². The van der Waals surface area contributed by atoms with Crippen LogP contribution in [0.25, 0.3) is 0 Å². The Labute approximate surface area is 300 Å². The second-order valence-corrected chi connectivity index (χ2v) is 0.192. The molecule has 0 aromatic carbocycles. The van der Waals surface area contributed by atoms with Crippen molar-refractivity contribution < 1.29 is 1.43 Å². The molecule has 0 nitrogen and oxygen atoms in total. The van der Waals surface area contributed by atoms with Crippen molar-refractivity contribution >= 4 is 46.4 Å². The van der Waals surface area contributed by atoms with Gasteiger partial charge in [-0.1, -0.05) is 253 Å². The van der Waals surface area contributed by atoms with Crippen molar-refractivity contribution in [3.8, 4) is 0 Å². The first-order valence-electron chi connectivity index (χ1n) is 15.0. The van der Waals surface area contributed by atoms with Gasteiger partial charge in [0.1, 0.15) is 0 Å². The van der Waals surface area contributed by atoms with E-state index < -0.39 is 0 Å². The first kappa shape index (κ1) is 240. The van der Waals surface area contributed by atoms with E-state index in [1.54, 1.807) is 0 Å². The molecule has 0 aliphatic carbocycles. The van der Waals surface area contributed by atoms with Crippen LogP contribution in [0.15, 0.2) is 0 Å². The van der Waals surface area contributed by atoms with Gasteiger partial charge in [-0.05, 0) is 0 Å². The zero-order valence-corrected chi connectivity index (χ0v) is 31.5. The Bertz CT molecular complexity index is 31.7. The Morgan fingerprint density at radius 2 is 0.238 bits per heavy atom. The second-order valence-electron chi connectivity index (χ2n) is 0.192. The van der Waals surface area contributed by atoms with Crippen molar-refractivity contribution in [3.63, 3.8) is 0 Å². The van der Waals surface area contributed by atoms with Crippen LogP contribution in [-0.2, 0) is 0 Å². The van der Waals surface area contributed by atoms with E-state index in [-0.39, 0.29) is 69.3 Å². The van der Waals surface area contributed by atoms with Crippen LogP contribution in [0, 0.1) is 0 Å². The molecule has 42 heavy (non-hydrogen) atoms. The summed E-state index contributed by atoms with van der Waals surface area (Å²) >= 11 is 0. The summed E-state index contributed by atoms with van der Waals surface area (Å²) in [5.74, 6) is 0. The molecule has 0 spiro atoms. The Morgan fingerprint density at radius 3 is 0.238 bits per heavy atom. The number of rotatable bonds is 0. The molecule has 0 unspecified atom stereocenters. The molecule has 6 heteroatoms. The van der Waals surface area contributed by atoms with Crippen LogP contribution in [0.2, 0.25) is 0 Å². The van der Waals surface area contributed by atoms with Gasteiger partial charge >= 0.3 is 0 Å². The van der Waals surface area contributed by atoms with Gasteiger partial charge in [-0.15, -0.1) is 0 Å². The van der Waals surface area contributed by atoms with Gasteiger partial charge in [0.05, 0.1) is 0 Å².